The summed E-state index contributed by atoms with van der Waals surface area (Å²) < 4.78 is 12.0. The second kappa shape index (κ2) is 7.48. The lowest BCUT2D eigenvalue weighted by molar-refractivity contribution is -0.137. The molecule has 6 nitrogen and oxygen atoms in total. The minimum Gasteiger partial charge on any atom is -0.495 e. The van der Waals surface area contributed by atoms with Crippen LogP contribution in [0.25, 0.3) is 16.6 Å². The maximum absolute atomic E-state index is 13.4. The lowest BCUT2D eigenvalue weighted by Gasteiger charge is -2.17. The molecule has 1 aromatic heterocycles. The monoisotopic (exact) mass is 416 g/mol. The van der Waals surface area contributed by atoms with Crippen molar-refractivity contribution in [3.05, 3.63) is 57.3 Å². The number of thioether (sulfide) groups is 1. The predicted octanol–water partition coefficient (Wildman–Crippen LogP) is 3.76. The number of cyclic esters (lactones) is 1. The number of aryl methyl sites for hydroxylation is 1. The molecule has 1 fully saturated rings. The van der Waals surface area contributed by atoms with Gasteiger partial charge in [0.2, 0.25) is 0 Å². The minimum atomic E-state index is -0.411. The van der Waals surface area contributed by atoms with Gasteiger partial charge in [0.05, 0.1) is 30.3 Å². The number of halogens is 1. The SMILES string of the molecule is COc1ccc(C)cc1-n1c(S[C@H]2CCOC2=O)nc2cc(Cl)ccc2c1=O. The van der Waals surface area contributed by atoms with Crippen LogP contribution in [0.15, 0.2) is 46.3 Å². The number of aromatic nitrogens is 2. The molecule has 1 aliphatic rings. The molecule has 4 rings (SSSR count). The van der Waals surface area contributed by atoms with Crippen LogP contribution in [-0.2, 0) is 9.53 Å². The number of nitrogens with zero attached hydrogens (tertiary/aromatic N) is 2. The lowest BCUT2D eigenvalue weighted by Crippen LogP contribution is -2.24. The van der Waals surface area contributed by atoms with Crippen LogP contribution < -0.4 is 10.3 Å². The molecule has 0 aliphatic carbocycles. The van der Waals surface area contributed by atoms with Crippen molar-refractivity contribution >= 4 is 40.2 Å². The van der Waals surface area contributed by atoms with E-state index >= 15 is 0 Å². The summed E-state index contributed by atoms with van der Waals surface area (Å²) in [5.74, 6) is 0.242. The molecule has 144 valence electrons. The second-order valence-electron chi connectivity index (χ2n) is 6.43. The molecular formula is C20H17ClN2O4S. The summed E-state index contributed by atoms with van der Waals surface area (Å²) in [6.45, 7) is 2.30. The largest absolute Gasteiger partial charge is 0.495 e. The Morgan fingerprint density at radius 2 is 2.07 bits per heavy atom. The van der Waals surface area contributed by atoms with Gasteiger partial charge < -0.3 is 9.47 Å². The third-order valence-corrected chi connectivity index (χ3v) is 5.94. The van der Waals surface area contributed by atoms with E-state index in [0.717, 1.165) is 5.56 Å². The van der Waals surface area contributed by atoms with E-state index in [-0.39, 0.29) is 11.5 Å². The van der Waals surface area contributed by atoms with Gasteiger partial charge >= 0.3 is 5.97 Å². The van der Waals surface area contributed by atoms with E-state index in [1.54, 1.807) is 31.4 Å². The first-order valence-electron chi connectivity index (χ1n) is 8.68. The first-order valence-corrected chi connectivity index (χ1v) is 9.94. The number of rotatable bonds is 4. The zero-order valence-electron chi connectivity index (χ0n) is 15.3. The van der Waals surface area contributed by atoms with Gasteiger partial charge in [-0.15, -0.1) is 0 Å². The van der Waals surface area contributed by atoms with Gasteiger partial charge in [0, 0.05) is 11.4 Å². The average Bonchev–Trinajstić information content (AvgIpc) is 3.06. The summed E-state index contributed by atoms with van der Waals surface area (Å²) in [7, 11) is 1.55. The smallest absolute Gasteiger partial charge is 0.319 e. The minimum absolute atomic E-state index is 0.251. The molecular weight excluding hydrogens is 400 g/mol. The summed E-state index contributed by atoms with van der Waals surface area (Å²) in [6, 6.07) is 10.5. The molecule has 0 unspecified atom stereocenters. The molecule has 0 amide bonds. The molecule has 2 aromatic carbocycles. The van der Waals surface area contributed by atoms with Crippen LogP contribution in [0.3, 0.4) is 0 Å². The normalized spacial score (nSPS) is 16.4. The Hall–Kier alpha value is -2.51. The highest BCUT2D eigenvalue weighted by molar-refractivity contribution is 8.00. The second-order valence-corrected chi connectivity index (χ2v) is 8.04. The Morgan fingerprint density at radius 1 is 1.25 bits per heavy atom. The maximum atomic E-state index is 13.4. The predicted molar refractivity (Wildman–Crippen MR) is 109 cm³/mol. The number of esters is 1. The van der Waals surface area contributed by atoms with E-state index < -0.39 is 5.25 Å². The van der Waals surface area contributed by atoms with E-state index in [0.29, 0.717) is 45.5 Å². The van der Waals surface area contributed by atoms with Crippen molar-refractivity contribution in [1.29, 1.82) is 0 Å². The molecule has 28 heavy (non-hydrogen) atoms. The zero-order chi connectivity index (χ0) is 19.8. The summed E-state index contributed by atoms with van der Waals surface area (Å²) in [5.41, 5.74) is 1.77. The van der Waals surface area contributed by atoms with Crippen LogP contribution in [0.5, 0.6) is 5.75 Å². The van der Waals surface area contributed by atoms with Crippen molar-refractivity contribution in [1.82, 2.24) is 9.55 Å². The Kier molecular flexibility index (Phi) is 5.03. The first kappa shape index (κ1) is 18.8. The van der Waals surface area contributed by atoms with Gasteiger partial charge in [0.1, 0.15) is 11.0 Å². The van der Waals surface area contributed by atoms with Crippen molar-refractivity contribution in [2.24, 2.45) is 0 Å². The highest BCUT2D eigenvalue weighted by atomic mass is 35.5. The Balaban J connectivity index is 2.00. The van der Waals surface area contributed by atoms with Crippen LogP contribution in [-0.4, -0.2) is 34.5 Å². The number of hydrogen-bond donors (Lipinski definition) is 0. The molecule has 8 heteroatoms. The van der Waals surface area contributed by atoms with Crippen molar-refractivity contribution in [2.75, 3.05) is 13.7 Å². The zero-order valence-corrected chi connectivity index (χ0v) is 16.8. The Morgan fingerprint density at radius 3 is 2.79 bits per heavy atom. The van der Waals surface area contributed by atoms with Gasteiger partial charge in [-0.3, -0.25) is 14.2 Å². The number of methoxy groups -OCH3 is 1. The summed E-state index contributed by atoms with van der Waals surface area (Å²) in [6.07, 6.45) is 0.567. The quantitative estimate of drug-likeness (QED) is 0.476. The lowest BCUT2D eigenvalue weighted by atomic mass is 10.2. The van der Waals surface area contributed by atoms with Crippen LogP contribution in [0, 0.1) is 6.92 Å². The molecule has 0 spiro atoms. The Bertz CT molecular complexity index is 1140. The van der Waals surface area contributed by atoms with Gasteiger partial charge in [-0.2, -0.15) is 0 Å². The molecule has 1 saturated heterocycles. The third kappa shape index (κ3) is 3.36. The molecule has 2 heterocycles. The van der Waals surface area contributed by atoms with E-state index in [1.807, 2.05) is 19.1 Å². The Labute approximate surface area is 170 Å². The van der Waals surface area contributed by atoms with Crippen LogP contribution in [0.4, 0.5) is 0 Å². The highest BCUT2D eigenvalue weighted by Crippen LogP contribution is 2.33. The molecule has 0 bridgehead atoms. The number of ether oxygens (including phenoxy) is 2. The molecule has 0 saturated carbocycles. The summed E-state index contributed by atoms with van der Waals surface area (Å²) in [5, 5.41) is 0.908. The van der Waals surface area contributed by atoms with Crippen LogP contribution in [0.2, 0.25) is 5.02 Å². The van der Waals surface area contributed by atoms with Gasteiger partial charge in [-0.1, -0.05) is 29.4 Å². The van der Waals surface area contributed by atoms with E-state index in [4.69, 9.17) is 21.1 Å². The van der Waals surface area contributed by atoms with Gasteiger partial charge in [-0.25, -0.2) is 4.98 Å². The third-order valence-electron chi connectivity index (χ3n) is 4.51. The number of hydrogen-bond acceptors (Lipinski definition) is 6. The van der Waals surface area contributed by atoms with Crippen LogP contribution >= 0.6 is 23.4 Å². The van der Waals surface area contributed by atoms with Crippen molar-refractivity contribution in [3.63, 3.8) is 0 Å². The molecule has 0 radical (unpaired) electrons. The average molecular weight is 417 g/mol. The topological polar surface area (TPSA) is 70.4 Å². The molecule has 3 aromatic rings. The highest BCUT2D eigenvalue weighted by Gasteiger charge is 2.30. The van der Waals surface area contributed by atoms with E-state index in [9.17, 15) is 9.59 Å². The molecule has 0 N–H and O–H groups in total. The van der Waals surface area contributed by atoms with E-state index in [1.165, 1.54) is 16.3 Å². The fourth-order valence-corrected chi connectivity index (χ4v) is 4.35. The molecule has 1 atom stereocenters. The summed E-state index contributed by atoms with van der Waals surface area (Å²) in [4.78, 5) is 30.0. The standard InChI is InChI=1S/C20H17ClN2O4S/c1-11-3-6-16(26-2)15(9-11)23-18(24)13-5-4-12(21)10-14(13)22-20(23)28-17-7-8-27-19(17)25/h3-6,9-10,17H,7-8H2,1-2H3/t17-/m0/s1. The van der Waals surface area contributed by atoms with Crippen molar-refractivity contribution < 1.29 is 14.3 Å². The fraction of sp³-hybridized carbons (Fsp3) is 0.250. The number of carbonyl (C=O) groups is 1. The summed E-state index contributed by atoms with van der Waals surface area (Å²) >= 11 is 7.31. The van der Waals surface area contributed by atoms with Crippen LogP contribution in [0.1, 0.15) is 12.0 Å². The van der Waals surface area contributed by atoms with Crippen molar-refractivity contribution in [2.45, 2.75) is 23.8 Å². The van der Waals surface area contributed by atoms with E-state index in [2.05, 4.69) is 4.98 Å². The van der Waals surface area contributed by atoms with Gasteiger partial charge in [-0.05, 0) is 42.8 Å². The van der Waals surface area contributed by atoms with Crippen molar-refractivity contribution in [3.8, 4) is 11.4 Å². The van der Waals surface area contributed by atoms with Gasteiger partial charge in [0.25, 0.3) is 5.56 Å². The maximum Gasteiger partial charge on any atom is 0.319 e. The van der Waals surface area contributed by atoms with Gasteiger partial charge in [0.15, 0.2) is 5.16 Å². The number of benzene rings is 2. The fourth-order valence-electron chi connectivity index (χ4n) is 3.12. The first-order chi connectivity index (χ1) is 13.5. The number of fused-ring (bicyclic) bond motifs is 1. The molecule has 1 aliphatic heterocycles. The number of carbonyl (C=O) groups excluding carboxylic acids is 1.